The Morgan fingerprint density at radius 3 is 2.44 bits per heavy atom. The summed E-state index contributed by atoms with van der Waals surface area (Å²) in [6.07, 6.45) is -4.33. The highest BCUT2D eigenvalue weighted by molar-refractivity contribution is 7.11. The minimum absolute atomic E-state index is 0.322. The number of alkyl halides is 3. The Balaban J connectivity index is 1.92. The van der Waals surface area contributed by atoms with E-state index in [1.54, 1.807) is 11.3 Å². The number of rotatable bonds is 4. The molecule has 0 spiro atoms. The number of aromatic nitrogens is 1. The largest absolute Gasteiger partial charge is 0.416 e. The molecule has 144 valence electrons. The summed E-state index contributed by atoms with van der Waals surface area (Å²) in [4.78, 5) is 10.1. The average molecular weight is 394 g/mol. The summed E-state index contributed by atoms with van der Waals surface area (Å²) in [5.41, 5.74) is 0.867. The van der Waals surface area contributed by atoms with Crippen LogP contribution in [0.1, 0.15) is 33.6 Å². The van der Waals surface area contributed by atoms with Gasteiger partial charge in [0.05, 0.1) is 24.3 Å². The normalized spacial score (nSPS) is 11.7. The molecule has 8 heteroatoms. The van der Waals surface area contributed by atoms with Gasteiger partial charge in [-0.2, -0.15) is 13.2 Å². The first kappa shape index (κ1) is 20.8. The zero-order chi connectivity index (χ0) is 19.9. The molecule has 0 saturated carbocycles. The lowest BCUT2D eigenvalue weighted by Gasteiger charge is -2.08. The average Bonchev–Trinajstić information content (AvgIpc) is 2.94. The van der Waals surface area contributed by atoms with Crippen molar-refractivity contribution in [1.82, 2.24) is 15.6 Å². The smallest absolute Gasteiger partial charge is 0.357 e. The Kier molecular flexibility index (Phi) is 7.25. The van der Waals surface area contributed by atoms with Crippen LogP contribution < -0.4 is 10.6 Å². The van der Waals surface area contributed by atoms with Gasteiger partial charge in [-0.25, -0.2) is 9.98 Å². The highest BCUT2D eigenvalue weighted by atomic mass is 32.1. The molecule has 27 heavy (non-hydrogen) atoms. The van der Waals surface area contributed by atoms with Gasteiger partial charge in [0.25, 0.3) is 0 Å². The fourth-order valence-electron chi connectivity index (χ4n) is 2.11. The van der Waals surface area contributed by atoms with E-state index in [4.69, 9.17) is 0 Å². The summed E-state index contributed by atoms with van der Waals surface area (Å²) in [6.45, 7) is 7.46. The van der Waals surface area contributed by atoms with Crippen LogP contribution in [0.3, 0.4) is 0 Å². The Bertz CT molecular complexity index is 823. The first-order chi connectivity index (χ1) is 12.8. The van der Waals surface area contributed by atoms with Crippen LogP contribution in [0.2, 0.25) is 0 Å². The highest BCUT2D eigenvalue weighted by Crippen LogP contribution is 2.28. The first-order valence-electron chi connectivity index (χ1n) is 8.40. The minimum Gasteiger partial charge on any atom is -0.357 e. The number of nitrogens with zero attached hydrogens (tertiary/aromatic N) is 2. The number of benzene rings is 1. The number of hydrogen-bond acceptors (Lipinski definition) is 3. The summed E-state index contributed by atoms with van der Waals surface area (Å²) < 4.78 is 37.6. The molecule has 0 atom stereocenters. The molecule has 2 N–H and O–H groups in total. The summed E-state index contributed by atoms with van der Waals surface area (Å²) in [5, 5.41) is 7.14. The first-order valence-corrected chi connectivity index (χ1v) is 9.22. The van der Waals surface area contributed by atoms with Crippen molar-refractivity contribution in [3.63, 3.8) is 0 Å². The van der Waals surface area contributed by atoms with Gasteiger partial charge >= 0.3 is 6.18 Å². The summed E-state index contributed by atoms with van der Waals surface area (Å²) >= 11 is 1.62. The van der Waals surface area contributed by atoms with E-state index in [9.17, 15) is 13.2 Å². The van der Waals surface area contributed by atoms with Gasteiger partial charge in [-0.3, -0.25) is 0 Å². The molecule has 0 bridgehead atoms. The van der Waals surface area contributed by atoms with E-state index < -0.39 is 11.7 Å². The van der Waals surface area contributed by atoms with E-state index in [1.165, 1.54) is 17.0 Å². The van der Waals surface area contributed by atoms with Gasteiger partial charge in [0, 0.05) is 17.0 Å². The zero-order valence-corrected chi connectivity index (χ0v) is 16.2. The van der Waals surface area contributed by atoms with Crippen LogP contribution in [0.4, 0.5) is 13.2 Å². The van der Waals surface area contributed by atoms with Crippen LogP contribution in [-0.2, 0) is 12.7 Å². The van der Waals surface area contributed by atoms with E-state index in [-0.39, 0.29) is 0 Å². The molecule has 0 aliphatic carbocycles. The van der Waals surface area contributed by atoms with Crippen molar-refractivity contribution in [2.75, 3.05) is 13.1 Å². The van der Waals surface area contributed by atoms with Crippen molar-refractivity contribution in [2.45, 2.75) is 33.5 Å². The molecule has 0 radical (unpaired) electrons. The molecule has 4 nitrogen and oxygen atoms in total. The van der Waals surface area contributed by atoms with Crippen LogP contribution >= 0.6 is 11.3 Å². The molecule has 1 heterocycles. The maximum Gasteiger partial charge on any atom is 0.416 e. The molecule has 0 unspecified atom stereocenters. The van der Waals surface area contributed by atoms with Crippen LogP contribution in [-0.4, -0.2) is 24.0 Å². The number of hydrogen-bond donors (Lipinski definition) is 2. The van der Waals surface area contributed by atoms with E-state index >= 15 is 0 Å². The molecule has 1 aromatic carbocycles. The van der Waals surface area contributed by atoms with Crippen molar-refractivity contribution in [2.24, 2.45) is 4.99 Å². The van der Waals surface area contributed by atoms with Gasteiger partial charge in [-0.1, -0.05) is 11.8 Å². The standard InChI is InChI=1S/C19H21F3N4S/c1-4-23-18(25-12-17-26-13(2)14(3)27-17)24-11-5-6-15-7-9-16(10-8-15)19(20,21)22/h7-10H,4,11-12H2,1-3H3,(H2,23,24,25). The lowest BCUT2D eigenvalue weighted by Crippen LogP contribution is -2.37. The predicted octanol–water partition coefficient (Wildman–Crippen LogP) is 3.89. The third-order valence-electron chi connectivity index (χ3n) is 3.58. The summed E-state index contributed by atoms with van der Waals surface area (Å²) in [7, 11) is 0. The van der Waals surface area contributed by atoms with Crippen LogP contribution in [0, 0.1) is 25.7 Å². The highest BCUT2D eigenvalue weighted by Gasteiger charge is 2.29. The molecular weight excluding hydrogens is 373 g/mol. The number of nitrogens with one attached hydrogen (secondary N) is 2. The lowest BCUT2D eigenvalue weighted by molar-refractivity contribution is -0.137. The molecule has 2 rings (SSSR count). The minimum atomic E-state index is -4.33. The Hall–Kier alpha value is -2.53. The summed E-state index contributed by atoms with van der Waals surface area (Å²) in [6, 6.07) is 4.78. The predicted molar refractivity (Wildman–Crippen MR) is 103 cm³/mol. The van der Waals surface area contributed by atoms with Crippen molar-refractivity contribution < 1.29 is 13.2 Å². The molecule has 0 aliphatic heterocycles. The second-order valence-electron chi connectivity index (χ2n) is 5.67. The van der Waals surface area contributed by atoms with Crippen molar-refractivity contribution in [3.05, 3.63) is 51.0 Å². The molecule has 0 aliphatic rings. The van der Waals surface area contributed by atoms with Crippen LogP contribution in [0.15, 0.2) is 29.3 Å². The second kappa shape index (κ2) is 9.42. The topological polar surface area (TPSA) is 49.3 Å². The van der Waals surface area contributed by atoms with Gasteiger partial charge in [0.2, 0.25) is 0 Å². The zero-order valence-electron chi connectivity index (χ0n) is 15.4. The maximum atomic E-state index is 12.5. The van der Waals surface area contributed by atoms with Crippen LogP contribution in [0.25, 0.3) is 0 Å². The quantitative estimate of drug-likeness (QED) is 0.470. The van der Waals surface area contributed by atoms with E-state index in [0.717, 1.165) is 22.8 Å². The Morgan fingerprint density at radius 1 is 1.19 bits per heavy atom. The third kappa shape index (κ3) is 6.61. The molecule has 0 amide bonds. The number of aryl methyl sites for hydroxylation is 2. The monoisotopic (exact) mass is 394 g/mol. The van der Waals surface area contributed by atoms with Gasteiger partial charge in [-0.05, 0) is 45.0 Å². The van der Waals surface area contributed by atoms with Gasteiger partial charge in [0.1, 0.15) is 5.01 Å². The maximum absolute atomic E-state index is 12.5. The van der Waals surface area contributed by atoms with E-state index in [0.29, 0.717) is 31.2 Å². The third-order valence-corrected chi connectivity index (χ3v) is 4.64. The Labute approximate surface area is 160 Å². The van der Waals surface area contributed by atoms with E-state index in [1.807, 2.05) is 20.8 Å². The number of guanidine groups is 1. The second-order valence-corrected chi connectivity index (χ2v) is 6.96. The SMILES string of the molecule is CCNC(=NCc1nc(C)c(C)s1)NCC#Cc1ccc(C(F)(F)F)cc1. The number of halogens is 3. The van der Waals surface area contributed by atoms with Crippen molar-refractivity contribution >= 4 is 17.3 Å². The number of aliphatic imine (C=N–C) groups is 1. The van der Waals surface area contributed by atoms with Gasteiger partial charge in [0.15, 0.2) is 5.96 Å². The molecular formula is C19H21F3N4S. The lowest BCUT2D eigenvalue weighted by atomic mass is 10.1. The fraction of sp³-hybridized carbons (Fsp3) is 0.368. The molecule has 0 fully saturated rings. The summed E-state index contributed by atoms with van der Waals surface area (Å²) in [5.74, 6) is 6.33. The number of thiazole rings is 1. The molecule has 1 aromatic heterocycles. The molecule has 2 aromatic rings. The van der Waals surface area contributed by atoms with Crippen molar-refractivity contribution in [3.8, 4) is 11.8 Å². The fourth-order valence-corrected chi connectivity index (χ4v) is 2.97. The van der Waals surface area contributed by atoms with Gasteiger partial charge < -0.3 is 10.6 Å². The van der Waals surface area contributed by atoms with Crippen LogP contribution in [0.5, 0.6) is 0 Å². The molecule has 0 saturated heterocycles. The van der Waals surface area contributed by atoms with E-state index in [2.05, 4.69) is 32.5 Å². The Morgan fingerprint density at radius 2 is 1.89 bits per heavy atom. The van der Waals surface area contributed by atoms with Crippen molar-refractivity contribution in [1.29, 1.82) is 0 Å². The van der Waals surface area contributed by atoms with Gasteiger partial charge in [-0.15, -0.1) is 11.3 Å².